The van der Waals surface area contributed by atoms with Crippen molar-refractivity contribution in [1.29, 1.82) is 0 Å². The van der Waals surface area contributed by atoms with E-state index < -0.39 is 18.0 Å². The first kappa shape index (κ1) is 13.0. The van der Waals surface area contributed by atoms with Gasteiger partial charge < -0.3 is 15.2 Å². The second-order valence-electron chi connectivity index (χ2n) is 3.36. The Balaban J connectivity index is 2.85. The maximum Gasteiger partial charge on any atom is 0.338 e. The molecule has 1 aromatic rings. The summed E-state index contributed by atoms with van der Waals surface area (Å²) >= 11 is 0. The molecule has 0 amide bonds. The maximum absolute atomic E-state index is 11.3. The number of carbonyl (C=O) groups is 2. The summed E-state index contributed by atoms with van der Waals surface area (Å²) in [5.74, 6) is -1.11. The molecule has 6 nitrogen and oxygen atoms in total. The molecule has 1 unspecified atom stereocenters. The Morgan fingerprint density at radius 3 is 2.82 bits per heavy atom. The topological polar surface area (TPSA) is 88.5 Å². The fourth-order valence-corrected chi connectivity index (χ4v) is 1.27. The van der Waals surface area contributed by atoms with E-state index in [0.717, 1.165) is 0 Å². The van der Waals surface area contributed by atoms with E-state index in [1.807, 2.05) is 0 Å². The largest absolute Gasteiger partial charge is 0.480 e. The molecular weight excluding hydrogens is 224 g/mol. The highest BCUT2D eigenvalue weighted by atomic mass is 16.5. The molecule has 2 N–H and O–H groups in total. The van der Waals surface area contributed by atoms with Gasteiger partial charge in [0.15, 0.2) is 0 Å². The minimum atomic E-state index is -0.960. The lowest BCUT2D eigenvalue weighted by molar-refractivity contribution is -0.137. The van der Waals surface area contributed by atoms with Crippen LogP contribution in [0.3, 0.4) is 0 Å². The summed E-state index contributed by atoms with van der Waals surface area (Å²) in [4.78, 5) is 26.0. The molecule has 0 bridgehead atoms. The van der Waals surface area contributed by atoms with Crippen LogP contribution in [0.25, 0.3) is 0 Å². The standard InChI is InChI=1S/C11H14N2O4/c1-3-8(10(14)15)13-9-6-7(4-5-12-9)11(16)17-2/h4-6,8H,3H2,1-2H3,(H,12,13)(H,14,15). The number of carboxylic acids is 1. The van der Waals surface area contributed by atoms with E-state index in [4.69, 9.17) is 5.11 Å². The number of ether oxygens (including phenoxy) is 1. The van der Waals surface area contributed by atoms with Crippen molar-refractivity contribution < 1.29 is 19.4 Å². The molecule has 0 saturated carbocycles. The summed E-state index contributed by atoms with van der Waals surface area (Å²) in [7, 11) is 1.28. The lowest BCUT2D eigenvalue weighted by Gasteiger charge is -2.12. The Kier molecular flexibility index (Phi) is 4.45. The number of hydrogen-bond donors (Lipinski definition) is 2. The summed E-state index contributed by atoms with van der Waals surface area (Å²) in [5.41, 5.74) is 0.324. The van der Waals surface area contributed by atoms with Gasteiger partial charge in [-0.2, -0.15) is 0 Å². The Morgan fingerprint density at radius 2 is 2.29 bits per heavy atom. The van der Waals surface area contributed by atoms with Gasteiger partial charge >= 0.3 is 11.9 Å². The van der Waals surface area contributed by atoms with E-state index in [0.29, 0.717) is 17.8 Å². The quantitative estimate of drug-likeness (QED) is 0.748. The van der Waals surface area contributed by atoms with Crippen LogP contribution in [0.1, 0.15) is 23.7 Å². The first-order chi connectivity index (χ1) is 8.08. The van der Waals surface area contributed by atoms with Crippen LogP contribution in [0.2, 0.25) is 0 Å². The normalized spacial score (nSPS) is 11.6. The Morgan fingerprint density at radius 1 is 1.59 bits per heavy atom. The number of hydrogen-bond acceptors (Lipinski definition) is 5. The van der Waals surface area contributed by atoms with Crippen molar-refractivity contribution in [2.45, 2.75) is 19.4 Å². The summed E-state index contributed by atoms with van der Waals surface area (Å²) < 4.78 is 4.56. The fourth-order valence-electron chi connectivity index (χ4n) is 1.27. The fraction of sp³-hybridized carbons (Fsp3) is 0.364. The molecule has 0 aliphatic heterocycles. The van der Waals surface area contributed by atoms with Crippen molar-refractivity contribution in [3.8, 4) is 0 Å². The molecular formula is C11H14N2O4. The van der Waals surface area contributed by atoms with Crippen molar-refractivity contribution in [3.05, 3.63) is 23.9 Å². The molecule has 0 spiro atoms. The van der Waals surface area contributed by atoms with Crippen molar-refractivity contribution in [2.24, 2.45) is 0 Å². The van der Waals surface area contributed by atoms with Crippen LogP contribution in [0.4, 0.5) is 5.82 Å². The molecule has 0 aliphatic carbocycles. The third kappa shape index (κ3) is 3.44. The van der Waals surface area contributed by atoms with Crippen LogP contribution in [0.15, 0.2) is 18.3 Å². The van der Waals surface area contributed by atoms with Gasteiger partial charge in [0, 0.05) is 6.20 Å². The first-order valence-corrected chi connectivity index (χ1v) is 5.12. The molecule has 1 atom stereocenters. The molecule has 1 aromatic heterocycles. The van der Waals surface area contributed by atoms with E-state index in [1.165, 1.54) is 25.4 Å². The third-order valence-electron chi connectivity index (χ3n) is 2.21. The number of anilines is 1. The molecule has 0 fully saturated rings. The predicted octanol–water partition coefficient (Wildman–Crippen LogP) is 1.14. The van der Waals surface area contributed by atoms with Crippen molar-refractivity contribution in [2.75, 3.05) is 12.4 Å². The van der Waals surface area contributed by atoms with E-state index in [9.17, 15) is 9.59 Å². The number of aromatic nitrogens is 1. The number of rotatable bonds is 5. The maximum atomic E-state index is 11.3. The summed E-state index contributed by atoms with van der Waals surface area (Å²) in [6, 6.07) is 2.23. The molecule has 1 heterocycles. The number of nitrogens with one attached hydrogen (secondary N) is 1. The van der Waals surface area contributed by atoms with Crippen molar-refractivity contribution >= 4 is 17.8 Å². The summed E-state index contributed by atoms with van der Waals surface area (Å²) in [6.45, 7) is 1.75. The number of esters is 1. The van der Waals surface area contributed by atoms with E-state index in [2.05, 4.69) is 15.0 Å². The van der Waals surface area contributed by atoms with Gasteiger partial charge in [0.1, 0.15) is 11.9 Å². The molecule has 1 rings (SSSR count). The molecule has 0 saturated heterocycles. The van der Waals surface area contributed by atoms with Gasteiger partial charge in [-0.3, -0.25) is 0 Å². The molecule has 92 valence electrons. The van der Waals surface area contributed by atoms with Crippen LogP contribution in [0.5, 0.6) is 0 Å². The van der Waals surface area contributed by atoms with Crippen molar-refractivity contribution in [3.63, 3.8) is 0 Å². The Labute approximate surface area is 98.6 Å². The lowest BCUT2D eigenvalue weighted by Crippen LogP contribution is -2.28. The minimum absolute atomic E-state index is 0.324. The first-order valence-electron chi connectivity index (χ1n) is 5.12. The minimum Gasteiger partial charge on any atom is -0.480 e. The smallest absolute Gasteiger partial charge is 0.338 e. The van der Waals surface area contributed by atoms with Gasteiger partial charge in [-0.1, -0.05) is 6.92 Å². The lowest BCUT2D eigenvalue weighted by atomic mass is 10.2. The Bertz CT molecular complexity index is 420. The molecule has 0 radical (unpaired) electrons. The van der Waals surface area contributed by atoms with E-state index in [-0.39, 0.29) is 0 Å². The van der Waals surface area contributed by atoms with Crippen LogP contribution >= 0.6 is 0 Å². The summed E-state index contributed by atoms with van der Waals surface area (Å²) in [6.07, 6.45) is 1.84. The number of carbonyl (C=O) groups excluding carboxylic acids is 1. The number of aliphatic carboxylic acids is 1. The highest BCUT2D eigenvalue weighted by Gasteiger charge is 2.15. The number of pyridine rings is 1. The summed E-state index contributed by atoms with van der Waals surface area (Å²) in [5, 5.41) is 11.6. The van der Waals surface area contributed by atoms with Crippen LogP contribution in [-0.2, 0) is 9.53 Å². The van der Waals surface area contributed by atoms with Gasteiger partial charge in [0.25, 0.3) is 0 Å². The highest BCUT2D eigenvalue weighted by molar-refractivity contribution is 5.90. The van der Waals surface area contributed by atoms with Gasteiger partial charge in [0.05, 0.1) is 12.7 Å². The molecule has 6 heteroatoms. The van der Waals surface area contributed by atoms with Crippen molar-refractivity contribution in [1.82, 2.24) is 4.98 Å². The van der Waals surface area contributed by atoms with Crippen LogP contribution < -0.4 is 5.32 Å². The van der Waals surface area contributed by atoms with Gasteiger partial charge in [-0.05, 0) is 18.6 Å². The molecule has 0 aromatic carbocycles. The van der Waals surface area contributed by atoms with E-state index in [1.54, 1.807) is 6.92 Å². The molecule has 0 aliphatic rings. The second-order valence-corrected chi connectivity index (χ2v) is 3.36. The number of carboxylic acid groups (broad SMARTS) is 1. The third-order valence-corrected chi connectivity index (χ3v) is 2.21. The Hall–Kier alpha value is -2.11. The molecule has 17 heavy (non-hydrogen) atoms. The predicted molar refractivity (Wildman–Crippen MR) is 60.9 cm³/mol. The zero-order valence-electron chi connectivity index (χ0n) is 9.64. The van der Waals surface area contributed by atoms with Crippen LogP contribution in [-0.4, -0.2) is 35.2 Å². The SMILES string of the molecule is CCC(Nc1cc(C(=O)OC)ccn1)C(=O)O. The number of nitrogens with zero attached hydrogens (tertiary/aromatic N) is 1. The zero-order chi connectivity index (χ0) is 12.8. The zero-order valence-corrected chi connectivity index (χ0v) is 9.64. The van der Waals surface area contributed by atoms with Gasteiger partial charge in [0.2, 0.25) is 0 Å². The average Bonchev–Trinajstić information content (AvgIpc) is 2.34. The highest BCUT2D eigenvalue weighted by Crippen LogP contribution is 2.10. The van der Waals surface area contributed by atoms with E-state index >= 15 is 0 Å². The monoisotopic (exact) mass is 238 g/mol. The average molecular weight is 238 g/mol. The second kappa shape index (κ2) is 5.83. The van der Waals surface area contributed by atoms with Gasteiger partial charge in [-0.15, -0.1) is 0 Å². The van der Waals surface area contributed by atoms with Crippen LogP contribution in [0, 0.1) is 0 Å². The number of methoxy groups -OCH3 is 1. The van der Waals surface area contributed by atoms with Gasteiger partial charge in [-0.25, -0.2) is 14.6 Å².